The summed E-state index contributed by atoms with van der Waals surface area (Å²) >= 11 is 0. The maximum atomic E-state index is 12.0. The third-order valence-corrected chi connectivity index (χ3v) is 3.92. The first-order valence-corrected chi connectivity index (χ1v) is 8.27. The number of carbonyl (C=O) groups excluding carboxylic acids is 1. The van der Waals surface area contributed by atoms with Crippen molar-refractivity contribution in [1.29, 1.82) is 0 Å². The molecule has 0 fully saturated rings. The molecule has 0 unspecified atom stereocenters. The molecule has 0 atom stereocenters. The Hall–Kier alpha value is -2.88. The van der Waals surface area contributed by atoms with Gasteiger partial charge in [-0.25, -0.2) is 4.98 Å². The second kappa shape index (κ2) is 6.55. The molecule has 1 amide bonds. The Labute approximate surface area is 147 Å². The van der Waals surface area contributed by atoms with Gasteiger partial charge in [-0.1, -0.05) is 50.6 Å². The van der Waals surface area contributed by atoms with Crippen molar-refractivity contribution in [3.8, 4) is 22.7 Å². The van der Waals surface area contributed by atoms with Gasteiger partial charge in [0.2, 0.25) is 11.8 Å². The summed E-state index contributed by atoms with van der Waals surface area (Å²) in [5, 5.41) is 2.91. The molecule has 4 heteroatoms. The molecule has 1 aromatic heterocycles. The molecule has 0 saturated carbocycles. The molecule has 0 radical (unpaired) electrons. The Morgan fingerprint density at radius 1 is 0.960 bits per heavy atom. The quantitative estimate of drug-likeness (QED) is 0.707. The molecule has 0 aliphatic rings. The SMILES string of the molecule is Cc1ccc(-c2coc(-c3ccc(NC(=O)C(C)(C)C)cc3)n2)cc1. The van der Waals surface area contributed by atoms with Crippen molar-refractivity contribution < 1.29 is 9.21 Å². The highest BCUT2D eigenvalue weighted by Gasteiger charge is 2.21. The second-order valence-electron chi connectivity index (χ2n) is 7.19. The highest BCUT2D eigenvalue weighted by molar-refractivity contribution is 5.94. The van der Waals surface area contributed by atoms with Gasteiger partial charge < -0.3 is 9.73 Å². The minimum atomic E-state index is -0.426. The van der Waals surface area contributed by atoms with E-state index in [-0.39, 0.29) is 5.91 Å². The number of hydrogen-bond acceptors (Lipinski definition) is 3. The maximum Gasteiger partial charge on any atom is 0.229 e. The third-order valence-electron chi connectivity index (χ3n) is 3.92. The average molecular weight is 334 g/mol. The number of aromatic nitrogens is 1. The molecule has 1 N–H and O–H groups in total. The van der Waals surface area contributed by atoms with Crippen LogP contribution in [0.25, 0.3) is 22.7 Å². The van der Waals surface area contributed by atoms with Gasteiger partial charge in [0.15, 0.2) is 0 Å². The highest BCUT2D eigenvalue weighted by Crippen LogP contribution is 2.26. The summed E-state index contributed by atoms with van der Waals surface area (Å²) in [4.78, 5) is 16.6. The van der Waals surface area contributed by atoms with Gasteiger partial charge in [0.25, 0.3) is 0 Å². The molecule has 2 aromatic carbocycles. The summed E-state index contributed by atoms with van der Waals surface area (Å²) < 4.78 is 5.61. The van der Waals surface area contributed by atoms with Crippen molar-refractivity contribution >= 4 is 11.6 Å². The lowest BCUT2D eigenvalue weighted by Gasteiger charge is -2.17. The molecule has 3 rings (SSSR count). The lowest BCUT2D eigenvalue weighted by Crippen LogP contribution is -2.27. The van der Waals surface area contributed by atoms with E-state index in [2.05, 4.69) is 29.4 Å². The van der Waals surface area contributed by atoms with E-state index in [0.717, 1.165) is 22.5 Å². The zero-order valence-corrected chi connectivity index (χ0v) is 15.0. The fourth-order valence-corrected chi connectivity index (χ4v) is 2.28. The number of carbonyl (C=O) groups is 1. The van der Waals surface area contributed by atoms with Crippen LogP contribution in [-0.2, 0) is 4.79 Å². The summed E-state index contributed by atoms with van der Waals surface area (Å²) in [5.41, 5.74) is 4.24. The van der Waals surface area contributed by atoms with Gasteiger partial charge in [0.05, 0.1) is 0 Å². The molecule has 4 nitrogen and oxygen atoms in total. The average Bonchev–Trinajstić information content (AvgIpc) is 3.05. The third kappa shape index (κ3) is 3.97. The number of amides is 1. The van der Waals surface area contributed by atoms with Gasteiger partial charge in [-0.15, -0.1) is 0 Å². The fraction of sp³-hybridized carbons (Fsp3) is 0.238. The standard InChI is InChI=1S/C21H22N2O2/c1-14-5-7-15(8-6-14)18-13-25-19(23-18)16-9-11-17(12-10-16)22-20(24)21(2,3)4/h5-13H,1-4H3,(H,22,24). The number of rotatable bonds is 3. The van der Waals surface area contributed by atoms with E-state index < -0.39 is 5.41 Å². The van der Waals surface area contributed by atoms with E-state index >= 15 is 0 Å². The second-order valence-corrected chi connectivity index (χ2v) is 7.19. The van der Waals surface area contributed by atoms with Gasteiger partial charge in [-0.3, -0.25) is 4.79 Å². The first-order valence-electron chi connectivity index (χ1n) is 8.27. The number of nitrogens with zero attached hydrogens (tertiary/aromatic N) is 1. The van der Waals surface area contributed by atoms with E-state index in [1.54, 1.807) is 6.26 Å². The summed E-state index contributed by atoms with van der Waals surface area (Å²) in [7, 11) is 0. The van der Waals surface area contributed by atoms with Crippen molar-refractivity contribution in [2.75, 3.05) is 5.32 Å². The summed E-state index contributed by atoms with van der Waals surface area (Å²) in [5.74, 6) is 0.544. The van der Waals surface area contributed by atoms with Gasteiger partial charge in [0.1, 0.15) is 12.0 Å². The molecule has 3 aromatic rings. The van der Waals surface area contributed by atoms with Gasteiger partial charge >= 0.3 is 0 Å². The monoisotopic (exact) mass is 334 g/mol. The van der Waals surface area contributed by atoms with Gasteiger partial charge in [-0.05, 0) is 31.2 Å². The van der Waals surface area contributed by atoms with E-state index in [0.29, 0.717) is 5.89 Å². The Kier molecular flexibility index (Phi) is 4.45. The van der Waals surface area contributed by atoms with Crippen molar-refractivity contribution in [3.63, 3.8) is 0 Å². The molecule has 0 aliphatic carbocycles. The molecular weight excluding hydrogens is 312 g/mol. The van der Waals surface area contributed by atoms with E-state index in [9.17, 15) is 4.79 Å². The molecule has 0 saturated heterocycles. The molecule has 0 spiro atoms. The van der Waals surface area contributed by atoms with Crippen LogP contribution in [0.1, 0.15) is 26.3 Å². The normalized spacial score (nSPS) is 11.4. The lowest BCUT2D eigenvalue weighted by atomic mass is 9.95. The Morgan fingerprint density at radius 3 is 2.16 bits per heavy atom. The number of hydrogen-bond donors (Lipinski definition) is 1. The van der Waals surface area contributed by atoms with Crippen LogP contribution in [0, 0.1) is 12.3 Å². The van der Waals surface area contributed by atoms with Crippen LogP contribution in [0.3, 0.4) is 0 Å². The zero-order valence-electron chi connectivity index (χ0n) is 15.0. The van der Waals surface area contributed by atoms with Crippen LogP contribution in [0.15, 0.2) is 59.2 Å². The molecule has 128 valence electrons. The van der Waals surface area contributed by atoms with Crippen molar-refractivity contribution in [2.45, 2.75) is 27.7 Å². The van der Waals surface area contributed by atoms with E-state index in [1.165, 1.54) is 5.56 Å². The van der Waals surface area contributed by atoms with Crippen LogP contribution in [0.5, 0.6) is 0 Å². The Bertz CT molecular complexity index is 870. The predicted molar refractivity (Wildman–Crippen MR) is 100 cm³/mol. The first-order chi connectivity index (χ1) is 11.8. The van der Waals surface area contributed by atoms with Gasteiger partial charge in [-0.2, -0.15) is 0 Å². The molecular formula is C21H22N2O2. The highest BCUT2D eigenvalue weighted by atomic mass is 16.3. The van der Waals surface area contributed by atoms with E-state index in [4.69, 9.17) is 4.42 Å². The summed E-state index contributed by atoms with van der Waals surface area (Å²) in [6.45, 7) is 7.71. The number of aryl methyl sites for hydroxylation is 1. The lowest BCUT2D eigenvalue weighted by molar-refractivity contribution is -0.123. The van der Waals surface area contributed by atoms with E-state index in [1.807, 2.05) is 57.2 Å². The van der Waals surface area contributed by atoms with Crippen LogP contribution in [0.2, 0.25) is 0 Å². The Morgan fingerprint density at radius 2 is 1.56 bits per heavy atom. The van der Waals surface area contributed by atoms with Crippen molar-refractivity contribution in [1.82, 2.24) is 4.98 Å². The Balaban J connectivity index is 1.77. The number of oxazole rings is 1. The molecule has 0 bridgehead atoms. The van der Waals surface area contributed by atoms with Crippen LogP contribution in [0.4, 0.5) is 5.69 Å². The first kappa shape index (κ1) is 17.0. The zero-order chi connectivity index (χ0) is 18.0. The van der Waals surface area contributed by atoms with Crippen molar-refractivity contribution in [3.05, 3.63) is 60.4 Å². The minimum Gasteiger partial charge on any atom is -0.444 e. The molecule has 1 heterocycles. The largest absolute Gasteiger partial charge is 0.444 e. The van der Waals surface area contributed by atoms with Gasteiger partial charge in [0, 0.05) is 22.2 Å². The summed E-state index contributed by atoms with van der Waals surface area (Å²) in [6.07, 6.45) is 1.66. The minimum absolute atomic E-state index is 0.0157. The fourth-order valence-electron chi connectivity index (χ4n) is 2.28. The number of anilines is 1. The van der Waals surface area contributed by atoms with Crippen LogP contribution < -0.4 is 5.32 Å². The van der Waals surface area contributed by atoms with Crippen LogP contribution >= 0.6 is 0 Å². The van der Waals surface area contributed by atoms with Crippen molar-refractivity contribution in [2.24, 2.45) is 5.41 Å². The predicted octanol–water partition coefficient (Wildman–Crippen LogP) is 5.30. The number of benzene rings is 2. The maximum absolute atomic E-state index is 12.0. The number of nitrogens with one attached hydrogen (secondary N) is 1. The summed E-state index contributed by atoms with van der Waals surface area (Å²) in [6, 6.07) is 15.7. The smallest absolute Gasteiger partial charge is 0.229 e. The van der Waals surface area contributed by atoms with Crippen LogP contribution in [-0.4, -0.2) is 10.9 Å². The molecule has 25 heavy (non-hydrogen) atoms. The molecule has 0 aliphatic heterocycles. The topological polar surface area (TPSA) is 55.1 Å².